The lowest BCUT2D eigenvalue weighted by molar-refractivity contribution is 0.102. The van der Waals surface area contributed by atoms with Crippen LogP contribution in [0.3, 0.4) is 0 Å². The van der Waals surface area contributed by atoms with E-state index in [9.17, 15) is 17.6 Å². The van der Waals surface area contributed by atoms with Gasteiger partial charge in [0.1, 0.15) is 10.7 Å². The number of amides is 1. The summed E-state index contributed by atoms with van der Waals surface area (Å²) in [5.74, 6) is -1.57. The lowest BCUT2D eigenvalue weighted by Gasteiger charge is -2.19. The first-order valence-electron chi connectivity index (χ1n) is 7.77. The van der Waals surface area contributed by atoms with Gasteiger partial charge in [0.05, 0.1) is 15.6 Å². The van der Waals surface area contributed by atoms with Crippen molar-refractivity contribution in [2.45, 2.75) is 18.7 Å². The highest BCUT2D eigenvalue weighted by atomic mass is 35.5. The van der Waals surface area contributed by atoms with Gasteiger partial charge < -0.3 is 5.32 Å². The van der Waals surface area contributed by atoms with E-state index >= 15 is 0 Å². The lowest BCUT2D eigenvalue weighted by atomic mass is 10.2. The van der Waals surface area contributed by atoms with Crippen molar-refractivity contribution in [2.24, 2.45) is 0 Å². The Kier molecular flexibility index (Phi) is 6.63. The molecule has 5 nitrogen and oxygen atoms in total. The van der Waals surface area contributed by atoms with Crippen LogP contribution in [0.1, 0.15) is 24.2 Å². The molecular formula is C17H17Cl2FN2O3S. The maximum absolute atomic E-state index is 13.9. The number of halogens is 3. The summed E-state index contributed by atoms with van der Waals surface area (Å²) in [5.41, 5.74) is -0.165. The van der Waals surface area contributed by atoms with Crippen LogP contribution >= 0.6 is 23.2 Å². The summed E-state index contributed by atoms with van der Waals surface area (Å²) in [4.78, 5) is 12.2. The normalized spacial score (nSPS) is 11.6. The van der Waals surface area contributed by atoms with Gasteiger partial charge in [-0.25, -0.2) is 12.8 Å². The molecule has 0 saturated carbocycles. The van der Waals surface area contributed by atoms with E-state index in [0.29, 0.717) is 0 Å². The fourth-order valence-corrected chi connectivity index (χ4v) is 4.60. The summed E-state index contributed by atoms with van der Waals surface area (Å²) in [6.45, 7) is 3.97. The number of carbonyl (C=O) groups excluding carboxylic acids is 1. The highest BCUT2D eigenvalue weighted by molar-refractivity contribution is 7.89. The fraction of sp³-hybridized carbons (Fsp3) is 0.235. The number of carbonyl (C=O) groups is 1. The van der Waals surface area contributed by atoms with Crippen LogP contribution in [-0.4, -0.2) is 31.7 Å². The largest absolute Gasteiger partial charge is 0.322 e. The molecule has 140 valence electrons. The van der Waals surface area contributed by atoms with Crippen molar-refractivity contribution in [3.05, 3.63) is 57.8 Å². The number of benzene rings is 2. The number of nitrogens with one attached hydrogen (secondary N) is 1. The van der Waals surface area contributed by atoms with Crippen molar-refractivity contribution < 1.29 is 17.6 Å². The minimum atomic E-state index is -3.82. The molecule has 0 heterocycles. The van der Waals surface area contributed by atoms with Gasteiger partial charge in [0, 0.05) is 18.8 Å². The first-order valence-corrected chi connectivity index (χ1v) is 9.97. The Morgan fingerprint density at radius 2 is 1.77 bits per heavy atom. The smallest absolute Gasteiger partial charge is 0.260 e. The van der Waals surface area contributed by atoms with E-state index in [0.717, 1.165) is 6.07 Å². The molecule has 1 amide bonds. The van der Waals surface area contributed by atoms with Crippen molar-refractivity contribution in [3.8, 4) is 0 Å². The highest BCUT2D eigenvalue weighted by Crippen LogP contribution is 2.28. The van der Waals surface area contributed by atoms with Gasteiger partial charge in [-0.05, 0) is 30.3 Å². The van der Waals surface area contributed by atoms with Crippen LogP contribution in [0.25, 0.3) is 0 Å². The highest BCUT2D eigenvalue weighted by Gasteiger charge is 2.25. The summed E-state index contributed by atoms with van der Waals surface area (Å²) in [6, 6.07) is 7.90. The van der Waals surface area contributed by atoms with E-state index in [-0.39, 0.29) is 39.3 Å². The number of nitrogens with zero attached hydrogens (tertiary/aromatic N) is 1. The molecule has 0 unspecified atom stereocenters. The topological polar surface area (TPSA) is 66.5 Å². The molecule has 2 aromatic rings. The van der Waals surface area contributed by atoms with E-state index in [2.05, 4.69) is 5.32 Å². The summed E-state index contributed by atoms with van der Waals surface area (Å²) in [6.07, 6.45) is 0. The number of hydrogen-bond acceptors (Lipinski definition) is 3. The predicted octanol–water partition coefficient (Wildman–Crippen LogP) is 4.42. The van der Waals surface area contributed by atoms with Gasteiger partial charge in [-0.2, -0.15) is 4.31 Å². The van der Waals surface area contributed by atoms with Gasteiger partial charge in [0.15, 0.2) is 0 Å². The first kappa shape index (κ1) is 20.6. The molecule has 0 aromatic heterocycles. The molecule has 9 heteroatoms. The Labute approximate surface area is 161 Å². The molecule has 26 heavy (non-hydrogen) atoms. The van der Waals surface area contributed by atoms with Gasteiger partial charge in [0.2, 0.25) is 10.0 Å². The second kappa shape index (κ2) is 8.35. The Hall–Kier alpha value is -1.67. The zero-order valence-corrected chi connectivity index (χ0v) is 16.4. The third-order valence-corrected chi connectivity index (χ3v) is 6.55. The van der Waals surface area contributed by atoms with Crippen molar-refractivity contribution in [1.29, 1.82) is 0 Å². The maximum atomic E-state index is 13.9. The summed E-state index contributed by atoms with van der Waals surface area (Å²) in [7, 11) is -3.82. The standard InChI is InChI=1S/C17H17Cl2FN2O3S/c1-3-22(4-2)26(24,25)15-10-11(8-9-12(15)18)21-17(23)16-13(19)6-5-7-14(16)20/h5-10H,3-4H2,1-2H3,(H,21,23). The second-order valence-electron chi connectivity index (χ2n) is 5.29. The number of sulfonamides is 1. The molecule has 1 N–H and O–H groups in total. The van der Waals surface area contributed by atoms with Crippen molar-refractivity contribution in [1.82, 2.24) is 4.31 Å². The van der Waals surface area contributed by atoms with E-state index in [1.54, 1.807) is 13.8 Å². The van der Waals surface area contributed by atoms with Gasteiger partial charge in [-0.1, -0.05) is 43.1 Å². The Bertz CT molecular complexity index is 911. The van der Waals surface area contributed by atoms with Crippen molar-refractivity contribution in [2.75, 3.05) is 18.4 Å². The molecule has 0 saturated heterocycles. The molecule has 0 aliphatic carbocycles. The molecule has 0 bridgehead atoms. The maximum Gasteiger partial charge on any atom is 0.260 e. The van der Waals surface area contributed by atoms with Crippen molar-refractivity contribution in [3.63, 3.8) is 0 Å². The quantitative estimate of drug-likeness (QED) is 0.754. The average Bonchev–Trinajstić information content (AvgIpc) is 2.57. The van der Waals surface area contributed by atoms with E-state index in [4.69, 9.17) is 23.2 Å². The third kappa shape index (κ3) is 4.17. The van der Waals surface area contributed by atoms with Crippen LogP contribution in [0.15, 0.2) is 41.3 Å². The molecular weight excluding hydrogens is 402 g/mol. The van der Waals surface area contributed by atoms with Crippen LogP contribution in [0.5, 0.6) is 0 Å². The van der Waals surface area contributed by atoms with E-state index < -0.39 is 21.7 Å². The Morgan fingerprint density at radius 3 is 2.35 bits per heavy atom. The van der Waals surface area contributed by atoms with Crippen molar-refractivity contribution >= 4 is 44.8 Å². The zero-order valence-electron chi connectivity index (χ0n) is 14.1. The average molecular weight is 419 g/mol. The predicted molar refractivity (Wildman–Crippen MR) is 101 cm³/mol. The lowest BCUT2D eigenvalue weighted by Crippen LogP contribution is -2.30. The number of rotatable bonds is 6. The fourth-order valence-electron chi connectivity index (χ4n) is 2.39. The summed E-state index contributed by atoms with van der Waals surface area (Å²) < 4.78 is 40.5. The molecule has 0 radical (unpaired) electrons. The van der Waals surface area contributed by atoms with Gasteiger partial charge in [-0.15, -0.1) is 0 Å². The zero-order chi connectivity index (χ0) is 19.5. The molecule has 0 aliphatic heterocycles. The van der Waals surface area contributed by atoms with E-state index in [1.165, 1.54) is 34.6 Å². The van der Waals surface area contributed by atoms with Gasteiger partial charge in [0.25, 0.3) is 5.91 Å². The van der Waals surface area contributed by atoms with Crippen LogP contribution in [0.2, 0.25) is 10.0 Å². The van der Waals surface area contributed by atoms with Crippen LogP contribution in [0.4, 0.5) is 10.1 Å². The second-order valence-corrected chi connectivity index (χ2v) is 8.01. The molecule has 0 aliphatic rings. The Balaban J connectivity index is 2.40. The summed E-state index contributed by atoms with van der Waals surface area (Å²) >= 11 is 11.9. The number of hydrogen-bond donors (Lipinski definition) is 1. The van der Waals surface area contributed by atoms with E-state index in [1.807, 2.05) is 0 Å². The molecule has 0 fully saturated rings. The van der Waals surface area contributed by atoms with Crippen LogP contribution < -0.4 is 5.32 Å². The van der Waals surface area contributed by atoms with Gasteiger partial charge >= 0.3 is 0 Å². The Morgan fingerprint density at radius 1 is 1.12 bits per heavy atom. The van der Waals surface area contributed by atoms with Crippen LogP contribution in [0, 0.1) is 5.82 Å². The molecule has 2 rings (SSSR count). The minimum absolute atomic E-state index is 0.0267. The SMILES string of the molecule is CCN(CC)S(=O)(=O)c1cc(NC(=O)c2c(F)cccc2Cl)ccc1Cl. The molecule has 0 atom stereocenters. The molecule has 0 spiro atoms. The molecule has 2 aromatic carbocycles. The summed E-state index contributed by atoms with van der Waals surface area (Å²) in [5, 5.41) is 2.43. The number of anilines is 1. The first-order chi connectivity index (χ1) is 12.2. The monoisotopic (exact) mass is 418 g/mol. The minimum Gasteiger partial charge on any atom is -0.322 e. The van der Waals surface area contributed by atoms with Crippen LogP contribution in [-0.2, 0) is 10.0 Å². The van der Waals surface area contributed by atoms with Gasteiger partial charge in [-0.3, -0.25) is 4.79 Å². The third-order valence-electron chi connectivity index (χ3n) is 3.70.